The molecule has 0 spiro atoms. The van der Waals surface area contributed by atoms with Crippen LogP contribution in [0.5, 0.6) is 0 Å². The number of nitrogens with two attached hydrogens (primary N) is 1. The minimum absolute atomic E-state index is 0.389. The molecule has 9 heteroatoms. The van der Waals surface area contributed by atoms with Crippen molar-refractivity contribution in [1.82, 2.24) is 0 Å². The van der Waals surface area contributed by atoms with Crippen LogP contribution in [0.3, 0.4) is 0 Å². The molecule has 1 aromatic rings. The average Bonchev–Trinajstić information content (AvgIpc) is 2.68. The standard InChI is InChI=1S/C10H9F3N2O3S/c11-6-1-2-7(10(13)9(6)12)15-4-5(3-8(15)16)19(14,17)18/h1-2,5H,3-4H2,(H2,14,17,18). The number of carbonyl (C=O) groups excluding carboxylic acids is 1. The van der Waals surface area contributed by atoms with E-state index < -0.39 is 50.7 Å². The summed E-state index contributed by atoms with van der Waals surface area (Å²) in [5, 5.41) is 3.71. The number of sulfonamides is 1. The lowest BCUT2D eigenvalue weighted by molar-refractivity contribution is -0.117. The van der Waals surface area contributed by atoms with Gasteiger partial charge in [-0.25, -0.2) is 26.7 Å². The Morgan fingerprint density at radius 3 is 2.37 bits per heavy atom. The number of amides is 1. The number of anilines is 1. The fraction of sp³-hybridized carbons (Fsp3) is 0.300. The predicted molar refractivity (Wildman–Crippen MR) is 60.2 cm³/mol. The molecule has 1 heterocycles. The Hall–Kier alpha value is -1.61. The molecule has 0 saturated carbocycles. The van der Waals surface area contributed by atoms with Gasteiger partial charge in [-0.05, 0) is 12.1 Å². The quantitative estimate of drug-likeness (QED) is 0.806. The van der Waals surface area contributed by atoms with Gasteiger partial charge in [-0.2, -0.15) is 0 Å². The van der Waals surface area contributed by atoms with Gasteiger partial charge in [0, 0.05) is 13.0 Å². The van der Waals surface area contributed by atoms with Gasteiger partial charge in [-0.15, -0.1) is 0 Å². The summed E-state index contributed by atoms with van der Waals surface area (Å²) in [5.41, 5.74) is -0.505. The Morgan fingerprint density at radius 2 is 1.84 bits per heavy atom. The van der Waals surface area contributed by atoms with Gasteiger partial charge in [0.05, 0.1) is 5.69 Å². The molecule has 0 radical (unpaired) electrons. The molecule has 2 rings (SSSR count). The summed E-state index contributed by atoms with van der Waals surface area (Å²) >= 11 is 0. The van der Waals surface area contributed by atoms with Gasteiger partial charge in [0.25, 0.3) is 0 Å². The third-order valence-electron chi connectivity index (χ3n) is 2.86. The van der Waals surface area contributed by atoms with E-state index in [9.17, 15) is 26.4 Å². The second-order valence-corrected chi connectivity index (χ2v) is 5.96. The minimum Gasteiger partial charge on any atom is -0.308 e. The number of nitrogens with zero attached hydrogens (tertiary/aromatic N) is 1. The smallest absolute Gasteiger partial charge is 0.228 e. The molecule has 2 N–H and O–H groups in total. The average molecular weight is 294 g/mol. The third kappa shape index (κ3) is 2.43. The SMILES string of the molecule is NS(=O)(=O)C1CC(=O)N(c2ccc(F)c(F)c2F)C1. The Balaban J connectivity index is 2.39. The zero-order valence-electron chi connectivity index (χ0n) is 9.44. The molecule has 1 amide bonds. The molecule has 1 aliphatic heterocycles. The maximum absolute atomic E-state index is 13.5. The van der Waals surface area contributed by atoms with E-state index in [1.54, 1.807) is 0 Å². The first kappa shape index (κ1) is 13.8. The van der Waals surface area contributed by atoms with Gasteiger partial charge in [-0.1, -0.05) is 0 Å². The highest BCUT2D eigenvalue weighted by Crippen LogP contribution is 2.28. The topological polar surface area (TPSA) is 80.5 Å². The molecular formula is C10H9F3N2O3S. The second-order valence-electron chi connectivity index (χ2n) is 4.11. The van der Waals surface area contributed by atoms with E-state index >= 15 is 0 Å². The Bertz CT molecular complexity index is 648. The third-order valence-corrected chi connectivity index (χ3v) is 4.10. The fourth-order valence-corrected chi connectivity index (χ4v) is 2.58. The van der Waals surface area contributed by atoms with Gasteiger partial charge >= 0.3 is 0 Å². The maximum atomic E-state index is 13.5. The van der Waals surface area contributed by atoms with Crippen LogP contribution in [0.15, 0.2) is 12.1 Å². The lowest BCUT2D eigenvalue weighted by Crippen LogP contribution is -2.32. The van der Waals surface area contributed by atoms with Crippen LogP contribution in [-0.4, -0.2) is 26.1 Å². The summed E-state index contributed by atoms with van der Waals surface area (Å²) in [5.74, 6) is -5.37. The molecule has 0 bridgehead atoms. The number of benzene rings is 1. The molecule has 0 aliphatic carbocycles. The Labute approximate surface area is 106 Å². The van der Waals surface area contributed by atoms with Crippen molar-refractivity contribution in [3.8, 4) is 0 Å². The molecule has 0 aromatic heterocycles. The molecule has 1 atom stereocenters. The first-order valence-electron chi connectivity index (χ1n) is 5.17. The van der Waals surface area contributed by atoms with E-state index in [2.05, 4.69) is 0 Å². The van der Waals surface area contributed by atoms with Gasteiger partial charge < -0.3 is 4.90 Å². The van der Waals surface area contributed by atoms with Crippen LogP contribution in [0.1, 0.15) is 6.42 Å². The summed E-state index contributed by atoms with van der Waals surface area (Å²) in [6.07, 6.45) is -0.419. The lowest BCUT2D eigenvalue weighted by atomic mass is 10.2. The van der Waals surface area contributed by atoms with Gasteiger partial charge in [0.1, 0.15) is 5.25 Å². The Morgan fingerprint density at radius 1 is 1.21 bits per heavy atom. The van der Waals surface area contributed by atoms with Crippen LogP contribution < -0.4 is 10.0 Å². The number of halogens is 3. The highest BCUT2D eigenvalue weighted by atomic mass is 32.2. The van der Waals surface area contributed by atoms with Crippen molar-refractivity contribution in [3.05, 3.63) is 29.6 Å². The number of primary sulfonamides is 1. The molecule has 104 valence electrons. The van der Waals surface area contributed by atoms with Crippen molar-refractivity contribution in [1.29, 1.82) is 0 Å². The summed E-state index contributed by atoms with van der Waals surface area (Å²) in [6.45, 7) is -0.389. The molecule has 19 heavy (non-hydrogen) atoms. The maximum Gasteiger partial charge on any atom is 0.228 e. The summed E-state index contributed by atoms with van der Waals surface area (Å²) in [6, 6.07) is 1.53. The fourth-order valence-electron chi connectivity index (χ4n) is 1.85. The first-order valence-corrected chi connectivity index (χ1v) is 6.78. The molecule has 1 aliphatic rings. The first-order chi connectivity index (χ1) is 8.71. The highest BCUT2D eigenvalue weighted by molar-refractivity contribution is 7.89. The zero-order chi connectivity index (χ0) is 14.4. The molecule has 1 aromatic carbocycles. The van der Waals surface area contributed by atoms with Crippen molar-refractivity contribution in [2.75, 3.05) is 11.4 Å². The number of hydrogen-bond donors (Lipinski definition) is 1. The van der Waals surface area contributed by atoms with Crippen molar-refractivity contribution in [3.63, 3.8) is 0 Å². The second kappa shape index (κ2) is 4.49. The zero-order valence-corrected chi connectivity index (χ0v) is 10.3. The monoisotopic (exact) mass is 294 g/mol. The van der Waals surface area contributed by atoms with Crippen molar-refractivity contribution >= 4 is 21.6 Å². The Kier molecular flexibility index (Phi) is 3.27. The highest BCUT2D eigenvalue weighted by Gasteiger charge is 2.38. The van der Waals surface area contributed by atoms with Crippen LogP contribution in [0, 0.1) is 17.5 Å². The summed E-state index contributed by atoms with van der Waals surface area (Å²) in [4.78, 5) is 12.3. The number of hydrogen-bond acceptors (Lipinski definition) is 3. The minimum atomic E-state index is -3.96. The van der Waals surface area contributed by atoms with Gasteiger partial charge in [-0.3, -0.25) is 4.79 Å². The molecular weight excluding hydrogens is 285 g/mol. The molecule has 1 unspecified atom stereocenters. The van der Waals surface area contributed by atoms with Crippen molar-refractivity contribution in [2.45, 2.75) is 11.7 Å². The van der Waals surface area contributed by atoms with E-state index in [-0.39, 0.29) is 6.54 Å². The molecule has 5 nitrogen and oxygen atoms in total. The van der Waals surface area contributed by atoms with E-state index in [4.69, 9.17) is 5.14 Å². The molecule has 1 fully saturated rings. The number of carbonyl (C=O) groups is 1. The van der Waals surface area contributed by atoms with E-state index in [1.165, 1.54) is 0 Å². The van der Waals surface area contributed by atoms with Crippen LogP contribution in [0.4, 0.5) is 18.9 Å². The van der Waals surface area contributed by atoms with Gasteiger partial charge in [0.15, 0.2) is 17.5 Å². The van der Waals surface area contributed by atoms with Crippen LogP contribution >= 0.6 is 0 Å². The van der Waals surface area contributed by atoms with Crippen LogP contribution in [0.25, 0.3) is 0 Å². The summed E-state index contributed by atoms with van der Waals surface area (Å²) in [7, 11) is -3.96. The van der Waals surface area contributed by atoms with E-state index in [0.29, 0.717) is 6.07 Å². The van der Waals surface area contributed by atoms with Gasteiger partial charge in [0.2, 0.25) is 15.9 Å². The van der Waals surface area contributed by atoms with Crippen molar-refractivity contribution < 1.29 is 26.4 Å². The van der Waals surface area contributed by atoms with E-state index in [1.807, 2.05) is 0 Å². The largest absolute Gasteiger partial charge is 0.308 e. The van der Waals surface area contributed by atoms with Crippen molar-refractivity contribution in [2.24, 2.45) is 5.14 Å². The normalized spacial score (nSPS) is 20.1. The molecule has 1 saturated heterocycles. The number of rotatable bonds is 2. The predicted octanol–water partition coefficient (Wildman–Crippen LogP) is 0.498. The lowest BCUT2D eigenvalue weighted by Gasteiger charge is -2.17. The van der Waals surface area contributed by atoms with Crippen LogP contribution in [-0.2, 0) is 14.8 Å². The van der Waals surface area contributed by atoms with Crippen LogP contribution in [0.2, 0.25) is 0 Å². The van der Waals surface area contributed by atoms with E-state index in [0.717, 1.165) is 11.0 Å². The summed E-state index contributed by atoms with van der Waals surface area (Å²) < 4.78 is 61.6.